The Balaban J connectivity index is 1.41. The van der Waals surface area contributed by atoms with Crippen molar-refractivity contribution in [3.8, 4) is 11.5 Å². The Kier molecular flexibility index (Phi) is 4.88. The van der Waals surface area contributed by atoms with Crippen molar-refractivity contribution < 1.29 is 33.8 Å². The number of carbonyl (C=O) groups is 4. The van der Waals surface area contributed by atoms with Crippen molar-refractivity contribution in [2.45, 2.75) is 44.8 Å². The Morgan fingerprint density at radius 3 is 2.67 bits per heavy atom. The van der Waals surface area contributed by atoms with Crippen LogP contribution >= 0.6 is 0 Å². The highest BCUT2D eigenvalue weighted by Gasteiger charge is 2.70. The highest BCUT2D eigenvalue weighted by Crippen LogP contribution is 2.54. The van der Waals surface area contributed by atoms with Crippen molar-refractivity contribution in [3.05, 3.63) is 52.6 Å². The van der Waals surface area contributed by atoms with Crippen molar-refractivity contribution in [3.63, 3.8) is 0 Å². The number of likely N-dealkylation sites (tertiary alicyclic amines) is 1. The number of ether oxygens (including phenoxy) is 2. The Labute approximate surface area is 206 Å². The van der Waals surface area contributed by atoms with E-state index < -0.39 is 47.1 Å². The molecule has 6 rings (SSSR count). The molecule has 1 spiro atoms. The monoisotopic (exact) mass is 491 g/mol. The fraction of sp³-hybridized carbons (Fsp3) is 0.385. The van der Waals surface area contributed by atoms with Crippen LogP contribution in [-0.2, 0) is 31.3 Å². The number of fused-ring (bicyclic) bond motifs is 5. The molecule has 2 fully saturated rings. The number of nitrogens with zero attached hydrogens (tertiary/aromatic N) is 1. The molecule has 0 aromatic heterocycles. The zero-order valence-electron chi connectivity index (χ0n) is 19.8. The number of rotatable bonds is 5. The standard InChI is InChI=1S/C26H25N3O7/c1-12-3-5-15-22(13(12)2)27-25(34)26(15)21-20(16(28-26)6-8-19(30)31)23(32)29(24(21)33)10-14-4-7-17-18(9-14)36-11-35-17/h3-5,7,9,16,20-21,28H,6,8,10-11H2,1-2H3,(H,27,34)(H,30,31)/t16?,20-,21+,26?/m1/s1. The molecule has 2 aromatic carbocycles. The molecule has 0 aliphatic carbocycles. The first-order chi connectivity index (χ1) is 17.2. The molecule has 186 valence electrons. The van der Waals surface area contributed by atoms with Crippen LogP contribution in [0.1, 0.15) is 35.1 Å². The molecule has 2 saturated heterocycles. The van der Waals surface area contributed by atoms with Gasteiger partial charge < -0.3 is 19.9 Å². The summed E-state index contributed by atoms with van der Waals surface area (Å²) in [4.78, 5) is 53.7. The van der Waals surface area contributed by atoms with Gasteiger partial charge in [0, 0.05) is 23.7 Å². The predicted octanol–water partition coefficient (Wildman–Crippen LogP) is 1.82. The molecule has 4 atom stereocenters. The van der Waals surface area contributed by atoms with Gasteiger partial charge in [-0.05, 0) is 49.1 Å². The maximum Gasteiger partial charge on any atom is 0.303 e. The average Bonchev–Trinajstić information content (AvgIpc) is 3.57. The molecule has 2 aromatic rings. The van der Waals surface area contributed by atoms with E-state index in [-0.39, 0.29) is 26.2 Å². The lowest BCUT2D eigenvalue weighted by Gasteiger charge is -2.29. The molecule has 2 unspecified atom stereocenters. The second kappa shape index (κ2) is 7.79. The molecule has 36 heavy (non-hydrogen) atoms. The zero-order chi connectivity index (χ0) is 25.4. The summed E-state index contributed by atoms with van der Waals surface area (Å²) in [5.41, 5.74) is 2.38. The molecular weight excluding hydrogens is 466 g/mol. The molecule has 0 radical (unpaired) electrons. The van der Waals surface area contributed by atoms with Gasteiger partial charge in [0.1, 0.15) is 5.54 Å². The van der Waals surface area contributed by atoms with Gasteiger partial charge >= 0.3 is 5.97 Å². The van der Waals surface area contributed by atoms with Crippen LogP contribution in [0.5, 0.6) is 11.5 Å². The van der Waals surface area contributed by atoms with Crippen LogP contribution in [0.4, 0.5) is 5.69 Å². The van der Waals surface area contributed by atoms with Crippen molar-refractivity contribution in [1.29, 1.82) is 0 Å². The maximum absolute atomic E-state index is 13.9. The van der Waals surface area contributed by atoms with Gasteiger partial charge in [-0.15, -0.1) is 0 Å². The first kappa shape index (κ1) is 22.5. The van der Waals surface area contributed by atoms with Gasteiger partial charge in [0.2, 0.25) is 24.5 Å². The van der Waals surface area contributed by atoms with Crippen molar-refractivity contribution in [1.82, 2.24) is 10.2 Å². The van der Waals surface area contributed by atoms with Crippen LogP contribution in [0.25, 0.3) is 0 Å². The summed E-state index contributed by atoms with van der Waals surface area (Å²) in [6.07, 6.45) is -0.0788. The lowest BCUT2D eigenvalue weighted by molar-refractivity contribution is -0.144. The van der Waals surface area contributed by atoms with Crippen LogP contribution in [0.2, 0.25) is 0 Å². The van der Waals surface area contributed by atoms with E-state index >= 15 is 0 Å². The van der Waals surface area contributed by atoms with E-state index in [9.17, 15) is 24.3 Å². The van der Waals surface area contributed by atoms with Gasteiger partial charge in [0.15, 0.2) is 11.5 Å². The molecule has 3 amide bonds. The molecule has 4 aliphatic heterocycles. The number of aryl methyl sites for hydroxylation is 1. The van der Waals surface area contributed by atoms with E-state index in [1.807, 2.05) is 26.0 Å². The smallest absolute Gasteiger partial charge is 0.303 e. The Morgan fingerprint density at radius 2 is 1.89 bits per heavy atom. The number of benzene rings is 2. The van der Waals surface area contributed by atoms with Gasteiger partial charge in [-0.3, -0.25) is 29.4 Å². The highest BCUT2D eigenvalue weighted by atomic mass is 16.7. The van der Waals surface area contributed by atoms with E-state index in [2.05, 4.69) is 10.6 Å². The van der Waals surface area contributed by atoms with E-state index in [1.54, 1.807) is 18.2 Å². The minimum atomic E-state index is -1.45. The third-order valence-corrected chi connectivity index (χ3v) is 7.96. The van der Waals surface area contributed by atoms with Crippen molar-refractivity contribution in [2.75, 3.05) is 12.1 Å². The van der Waals surface area contributed by atoms with Crippen LogP contribution in [0.3, 0.4) is 0 Å². The third-order valence-electron chi connectivity index (χ3n) is 7.96. The molecule has 4 aliphatic rings. The minimum Gasteiger partial charge on any atom is -0.481 e. The first-order valence-electron chi connectivity index (χ1n) is 11.9. The summed E-state index contributed by atoms with van der Waals surface area (Å²) in [5, 5.41) is 15.5. The zero-order valence-corrected chi connectivity index (χ0v) is 19.8. The van der Waals surface area contributed by atoms with Crippen LogP contribution in [0, 0.1) is 25.7 Å². The van der Waals surface area contributed by atoms with Gasteiger partial charge in [-0.2, -0.15) is 0 Å². The molecule has 10 nitrogen and oxygen atoms in total. The van der Waals surface area contributed by atoms with E-state index in [0.29, 0.717) is 28.3 Å². The maximum atomic E-state index is 13.9. The predicted molar refractivity (Wildman–Crippen MR) is 125 cm³/mol. The van der Waals surface area contributed by atoms with Gasteiger partial charge in [0.25, 0.3) is 0 Å². The second-order valence-electron chi connectivity index (χ2n) is 9.83. The highest BCUT2D eigenvalue weighted by molar-refractivity contribution is 6.15. The number of anilines is 1. The number of carbonyl (C=O) groups excluding carboxylic acids is 3. The van der Waals surface area contributed by atoms with E-state index in [1.165, 1.54) is 4.90 Å². The number of hydrogen-bond acceptors (Lipinski definition) is 7. The summed E-state index contributed by atoms with van der Waals surface area (Å²) >= 11 is 0. The summed E-state index contributed by atoms with van der Waals surface area (Å²) in [6.45, 7) is 3.96. The Bertz CT molecular complexity index is 1360. The van der Waals surface area contributed by atoms with Gasteiger partial charge in [-0.25, -0.2) is 0 Å². The normalized spacial score (nSPS) is 27.6. The van der Waals surface area contributed by atoms with Gasteiger partial charge in [-0.1, -0.05) is 18.2 Å². The SMILES string of the molecule is Cc1ccc2c(c1C)NC(=O)C21NC(CCC(=O)O)[C@H]2C(=O)N(Cc3ccc4c(c3)OCO4)C(=O)[C@H]21. The summed E-state index contributed by atoms with van der Waals surface area (Å²) in [5.74, 6) is -2.97. The fourth-order valence-electron chi connectivity index (χ4n) is 6.08. The summed E-state index contributed by atoms with van der Waals surface area (Å²) in [6, 6.07) is 8.29. The minimum absolute atomic E-state index is 0.0183. The van der Waals surface area contributed by atoms with Gasteiger partial charge in [0.05, 0.1) is 18.4 Å². The number of hydrogen-bond donors (Lipinski definition) is 3. The third kappa shape index (κ3) is 3.00. The van der Waals surface area contributed by atoms with Crippen LogP contribution in [0.15, 0.2) is 30.3 Å². The average molecular weight is 492 g/mol. The second-order valence-corrected chi connectivity index (χ2v) is 9.83. The number of aliphatic carboxylic acids is 1. The molecule has 0 bridgehead atoms. The molecule has 4 heterocycles. The lowest BCUT2D eigenvalue weighted by Crippen LogP contribution is -2.53. The van der Waals surface area contributed by atoms with E-state index in [0.717, 1.165) is 11.1 Å². The van der Waals surface area contributed by atoms with Crippen molar-refractivity contribution in [2.24, 2.45) is 11.8 Å². The first-order valence-corrected chi connectivity index (χ1v) is 11.9. The molecule has 3 N–H and O–H groups in total. The van der Waals surface area contributed by atoms with Crippen molar-refractivity contribution >= 4 is 29.4 Å². The number of carboxylic acid groups (broad SMARTS) is 1. The number of carboxylic acids is 1. The summed E-state index contributed by atoms with van der Waals surface area (Å²) < 4.78 is 10.8. The molecule has 10 heteroatoms. The number of nitrogens with one attached hydrogen (secondary N) is 2. The quantitative estimate of drug-likeness (QED) is 0.540. The Hall–Kier alpha value is -3.92. The van der Waals surface area contributed by atoms with Crippen LogP contribution < -0.4 is 20.1 Å². The Morgan fingerprint density at radius 1 is 1.11 bits per heavy atom. The molecule has 0 saturated carbocycles. The number of amides is 3. The fourth-order valence-corrected chi connectivity index (χ4v) is 6.08. The summed E-state index contributed by atoms with van der Waals surface area (Å²) in [7, 11) is 0. The van der Waals surface area contributed by atoms with E-state index in [4.69, 9.17) is 9.47 Å². The van der Waals surface area contributed by atoms with Crippen LogP contribution in [-0.4, -0.2) is 46.5 Å². The molecular formula is C26H25N3O7. The lowest BCUT2D eigenvalue weighted by atomic mass is 9.76. The largest absolute Gasteiger partial charge is 0.481 e. The topological polar surface area (TPSA) is 134 Å². The number of imide groups is 1.